The van der Waals surface area contributed by atoms with Crippen molar-refractivity contribution in [1.29, 1.82) is 0 Å². The lowest BCUT2D eigenvalue weighted by Crippen LogP contribution is -2.33. The first-order chi connectivity index (χ1) is 11.6. The largest absolute Gasteiger partial charge is 0.488 e. The third kappa shape index (κ3) is 8.18. The first-order valence-corrected chi connectivity index (χ1v) is 10.6. The van der Waals surface area contributed by atoms with Gasteiger partial charge in [-0.05, 0) is 48.3 Å². The van der Waals surface area contributed by atoms with Crippen molar-refractivity contribution in [2.24, 2.45) is 0 Å². The molecule has 0 saturated carbocycles. The summed E-state index contributed by atoms with van der Waals surface area (Å²) in [6, 6.07) is 4.10. The van der Waals surface area contributed by atoms with Crippen molar-refractivity contribution in [2.45, 2.75) is 90.9 Å². The van der Waals surface area contributed by atoms with Crippen LogP contribution < -0.4 is 5.46 Å². The van der Waals surface area contributed by atoms with Crippen LogP contribution in [0.1, 0.15) is 89.2 Å². The molecule has 136 valence electrons. The fourth-order valence-corrected chi connectivity index (χ4v) is 3.75. The van der Waals surface area contributed by atoms with E-state index in [0.29, 0.717) is 5.46 Å². The van der Waals surface area contributed by atoms with Gasteiger partial charge in [0.15, 0.2) is 0 Å². The minimum atomic E-state index is -1.37. The quantitative estimate of drug-likeness (QED) is 0.357. The third-order valence-corrected chi connectivity index (χ3v) is 5.42. The standard InChI is InChI=1S/C20H34BBrO2/c1-3-5-7-9-11-13-17-16-20(22)18(15-19(17)21(23)24)14-12-10-8-6-4-2/h15-16,23-24H,3-14H2,1-2H3. The topological polar surface area (TPSA) is 40.5 Å². The molecule has 1 aromatic carbocycles. The van der Waals surface area contributed by atoms with Gasteiger partial charge in [0.25, 0.3) is 0 Å². The van der Waals surface area contributed by atoms with Gasteiger partial charge in [-0.1, -0.05) is 87.2 Å². The van der Waals surface area contributed by atoms with E-state index < -0.39 is 7.12 Å². The number of aryl methyl sites for hydroxylation is 2. The van der Waals surface area contributed by atoms with Crippen LogP contribution in [0.4, 0.5) is 0 Å². The molecule has 4 heteroatoms. The summed E-state index contributed by atoms with van der Waals surface area (Å²) >= 11 is 3.68. The van der Waals surface area contributed by atoms with E-state index in [4.69, 9.17) is 0 Å². The summed E-state index contributed by atoms with van der Waals surface area (Å²) in [5.41, 5.74) is 2.96. The number of rotatable bonds is 13. The molecule has 0 aromatic heterocycles. The fraction of sp³-hybridized carbons (Fsp3) is 0.700. The number of hydrogen-bond donors (Lipinski definition) is 2. The summed E-state index contributed by atoms with van der Waals surface area (Å²) in [5.74, 6) is 0. The van der Waals surface area contributed by atoms with E-state index in [2.05, 4.69) is 35.8 Å². The molecule has 0 bridgehead atoms. The number of unbranched alkanes of at least 4 members (excludes halogenated alkanes) is 8. The van der Waals surface area contributed by atoms with E-state index in [1.54, 1.807) is 0 Å². The van der Waals surface area contributed by atoms with Gasteiger partial charge in [0.1, 0.15) is 0 Å². The van der Waals surface area contributed by atoms with Gasteiger partial charge in [-0.2, -0.15) is 0 Å². The van der Waals surface area contributed by atoms with Crippen LogP contribution in [-0.4, -0.2) is 17.2 Å². The zero-order valence-corrected chi connectivity index (χ0v) is 17.1. The lowest BCUT2D eigenvalue weighted by molar-refractivity contribution is 0.425. The number of halogens is 1. The Balaban J connectivity index is 2.63. The Kier molecular flexibility index (Phi) is 11.7. The van der Waals surface area contributed by atoms with Crippen LogP contribution >= 0.6 is 15.9 Å². The molecule has 1 aromatic rings. The Morgan fingerprint density at radius 2 is 1.25 bits per heavy atom. The second-order valence-electron chi connectivity index (χ2n) is 6.84. The van der Waals surface area contributed by atoms with E-state index in [-0.39, 0.29) is 0 Å². The molecular formula is C20H34BBrO2. The smallest absolute Gasteiger partial charge is 0.423 e. The third-order valence-electron chi connectivity index (χ3n) is 4.69. The van der Waals surface area contributed by atoms with E-state index in [1.807, 2.05) is 6.07 Å². The molecule has 0 saturated heterocycles. The highest BCUT2D eigenvalue weighted by Gasteiger charge is 2.18. The molecule has 0 radical (unpaired) electrons. The molecule has 0 unspecified atom stereocenters. The molecule has 24 heavy (non-hydrogen) atoms. The van der Waals surface area contributed by atoms with Crippen molar-refractivity contribution >= 4 is 28.5 Å². The Morgan fingerprint density at radius 3 is 1.75 bits per heavy atom. The van der Waals surface area contributed by atoms with Crippen molar-refractivity contribution in [3.05, 3.63) is 27.7 Å². The molecular weight excluding hydrogens is 363 g/mol. The van der Waals surface area contributed by atoms with Crippen LogP contribution in [0.15, 0.2) is 16.6 Å². The van der Waals surface area contributed by atoms with Crippen molar-refractivity contribution in [3.8, 4) is 0 Å². The average molecular weight is 397 g/mol. The maximum Gasteiger partial charge on any atom is 0.488 e. The number of benzene rings is 1. The van der Waals surface area contributed by atoms with Crippen molar-refractivity contribution in [3.63, 3.8) is 0 Å². The van der Waals surface area contributed by atoms with Crippen LogP contribution in [0, 0.1) is 0 Å². The van der Waals surface area contributed by atoms with Gasteiger partial charge in [0.2, 0.25) is 0 Å². The summed E-state index contributed by atoms with van der Waals surface area (Å²) in [6.07, 6.45) is 14.3. The summed E-state index contributed by atoms with van der Waals surface area (Å²) < 4.78 is 1.12. The Bertz CT molecular complexity index is 463. The molecule has 0 spiro atoms. The highest BCUT2D eigenvalue weighted by molar-refractivity contribution is 9.10. The molecule has 0 aliphatic heterocycles. The van der Waals surface area contributed by atoms with Crippen LogP contribution in [0.5, 0.6) is 0 Å². The van der Waals surface area contributed by atoms with Gasteiger partial charge >= 0.3 is 7.12 Å². The van der Waals surface area contributed by atoms with E-state index in [9.17, 15) is 10.0 Å². The lowest BCUT2D eigenvalue weighted by atomic mass is 9.75. The molecule has 0 atom stereocenters. The van der Waals surface area contributed by atoms with Gasteiger partial charge in [-0.3, -0.25) is 0 Å². The first kappa shape index (κ1) is 21.7. The fourth-order valence-electron chi connectivity index (χ4n) is 3.16. The van der Waals surface area contributed by atoms with Crippen LogP contribution in [-0.2, 0) is 12.8 Å². The van der Waals surface area contributed by atoms with Crippen LogP contribution in [0.2, 0.25) is 0 Å². The summed E-state index contributed by atoms with van der Waals surface area (Å²) in [5, 5.41) is 19.5. The number of hydrogen-bond acceptors (Lipinski definition) is 2. The maximum absolute atomic E-state index is 9.74. The predicted molar refractivity (Wildman–Crippen MR) is 109 cm³/mol. The molecule has 0 amide bonds. The van der Waals surface area contributed by atoms with Gasteiger partial charge in [-0.15, -0.1) is 0 Å². The highest BCUT2D eigenvalue weighted by atomic mass is 79.9. The van der Waals surface area contributed by atoms with Crippen LogP contribution in [0.25, 0.3) is 0 Å². The first-order valence-electron chi connectivity index (χ1n) is 9.77. The SMILES string of the molecule is CCCCCCCc1cc(B(O)O)c(CCCCCCC)cc1Br. The van der Waals surface area contributed by atoms with Crippen LogP contribution in [0.3, 0.4) is 0 Å². The van der Waals surface area contributed by atoms with Gasteiger partial charge < -0.3 is 10.0 Å². The van der Waals surface area contributed by atoms with E-state index in [0.717, 1.165) is 35.7 Å². The van der Waals surface area contributed by atoms with Gasteiger partial charge in [0.05, 0.1) is 0 Å². The van der Waals surface area contributed by atoms with Crippen molar-refractivity contribution in [2.75, 3.05) is 0 Å². The van der Waals surface area contributed by atoms with E-state index in [1.165, 1.54) is 56.9 Å². The Labute approximate surface area is 157 Å². The minimum absolute atomic E-state index is 0.692. The Hall–Kier alpha value is -0.315. The monoisotopic (exact) mass is 396 g/mol. The second-order valence-corrected chi connectivity index (χ2v) is 7.70. The van der Waals surface area contributed by atoms with Gasteiger partial charge in [0, 0.05) is 4.47 Å². The summed E-state index contributed by atoms with van der Waals surface area (Å²) in [7, 11) is -1.37. The second kappa shape index (κ2) is 13.0. The van der Waals surface area contributed by atoms with Gasteiger partial charge in [-0.25, -0.2) is 0 Å². The van der Waals surface area contributed by atoms with E-state index >= 15 is 0 Å². The molecule has 0 fully saturated rings. The molecule has 0 aliphatic carbocycles. The summed E-state index contributed by atoms with van der Waals surface area (Å²) in [6.45, 7) is 4.45. The Morgan fingerprint density at radius 1 is 0.750 bits per heavy atom. The molecule has 0 heterocycles. The van der Waals surface area contributed by atoms with Crippen molar-refractivity contribution < 1.29 is 10.0 Å². The average Bonchev–Trinajstić information content (AvgIpc) is 2.55. The summed E-state index contributed by atoms with van der Waals surface area (Å²) in [4.78, 5) is 0. The minimum Gasteiger partial charge on any atom is -0.423 e. The normalized spacial score (nSPS) is 11.0. The zero-order chi connectivity index (χ0) is 17.8. The molecule has 2 nitrogen and oxygen atoms in total. The van der Waals surface area contributed by atoms with Crippen molar-refractivity contribution in [1.82, 2.24) is 0 Å². The molecule has 0 aliphatic rings. The predicted octanol–water partition coefficient (Wildman–Crippen LogP) is 5.15. The zero-order valence-electron chi connectivity index (χ0n) is 15.5. The highest BCUT2D eigenvalue weighted by Crippen LogP contribution is 2.22. The lowest BCUT2D eigenvalue weighted by Gasteiger charge is -2.14. The molecule has 2 N–H and O–H groups in total. The molecule has 1 rings (SSSR count). The maximum atomic E-state index is 9.74.